The Morgan fingerprint density at radius 2 is 2.08 bits per heavy atom. The van der Waals surface area contributed by atoms with Gasteiger partial charge in [-0.2, -0.15) is 0 Å². The van der Waals surface area contributed by atoms with Crippen molar-refractivity contribution in [1.29, 1.82) is 0 Å². The number of aliphatic imine (C=N–C) groups is 1. The van der Waals surface area contributed by atoms with Crippen LogP contribution in [0.4, 0.5) is 0 Å². The lowest BCUT2D eigenvalue weighted by atomic mass is 9.92. The Balaban J connectivity index is 0.00000301. The van der Waals surface area contributed by atoms with Crippen molar-refractivity contribution < 1.29 is 0 Å². The molecule has 0 radical (unpaired) electrons. The molecule has 0 N–H and O–H groups in total. The third kappa shape index (κ3) is 8.79. The van der Waals surface area contributed by atoms with Crippen LogP contribution < -0.4 is 0 Å². The van der Waals surface area contributed by atoms with Gasteiger partial charge in [0, 0.05) is 24.4 Å². The zero-order valence-corrected chi connectivity index (χ0v) is 19.1. The second-order valence-electron chi connectivity index (χ2n) is 5.81. The number of hydrogen-bond acceptors (Lipinski definition) is 4. The minimum Gasteiger partial charge on any atom is -0.269 e. The maximum absolute atomic E-state index is 4.27. The van der Waals surface area contributed by atoms with Crippen molar-refractivity contribution in [1.82, 2.24) is 4.31 Å². The van der Waals surface area contributed by atoms with Crippen molar-refractivity contribution in [2.45, 2.75) is 72.8 Å². The van der Waals surface area contributed by atoms with Crippen LogP contribution in [-0.2, 0) is 0 Å². The number of hydrogen-bond donors (Lipinski definition) is 0. The Morgan fingerprint density at radius 1 is 1.35 bits per heavy atom. The molecule has 0 aliphatic carbocycles. The molecule has 0 fully saturated rings. The van der Waals surface area contributed by atoms with Crippen molar-refractivity contribution in [2.24, 2.45) is 4.99 Å². The highest BCUT2D eigenvalue weighted by atomic mass is 33.1. The van der Waals surface area contributed by atoms with Crippen molar-refractivity contribution in [3.63, 3.8) is 0 Å². The average Bonchev–Trinajstić information content (AvgIpc) is 2.67. The van der Waals surface area contributed by atoms with E-state index in [1.165, 1.54) is 29.7 Å². The van der Waals surface area contributed by atoms with Gasteiger partial charge in [-0.1, -0.05) is 81.4 Å². The molecule has 1 rings (SSSR count). The molecule has 148 valence electrons. The first kappa shape index (κ1) is 25.3. The summed E-state index contributed by atoms with van der Waals surface area (Å²) in [5.74, 6) is 1.20. The molecule has 0 saturated carbocycles. The predicted octanol–water partition coefficient (Wildman–Crippen LogP) is 7.63. The van der Waals surface area contributed by atoms with E-state index in [1.54, 1.807) is 0 Å². The SMILES string of the molecule is C=CC1=C(N=C)CCN(SSCCCC)C1CC(/C=C\C)=C/CC.CC. The van der Waals surface area contributed by atoms with Gasteiger partial charge in [0.1, 0.15) is 0 Å². The summed E-state index contributed by atoms with van der Waals surface area (Å²) in [4.78, 5) is 4.27. The van der Waals surface area contributed by atoms with Crippen LogP contribution >= 0.6 is 21.8 Å². The first-order valence-electron chi connectivity index (χ1n) is 9.91. The van der Waals surface area contributed by atoms with Crippen molar-refractivity contribution in [3.05, 3.63) is 47.7 Å². The van der Waals surface area contributed by atoms with E-state index in [0.29, 0.717) is 6.04 Å². The molecule has 4 heteroatoms. The lowest BCUT2D eigenvalue weighted by molar-refractivity contribution is 0.375. The molecule has 0 aromatic carbocycles. The summed E-state index contributed by atoms with van der Waals surface area (Å²) in [6, 6.07) is 0.324. The Labute approximate surface area is 170 Å². The Kier molecular flexibility index (Phi) is 16.0. The molecule has 1 aliphatic rings. The van der Waals surface area contributed by atoms with Gasteiger partial charge in [0.2, 0.25) is 0 Å². The Hall–Kier alpha value is -0.710. The maximum Gasteiger partial charge on any atom is 0.0518 e. The first-order valence-corrected chi connectivity index (χ1v) is 12.2. The van der Waals surface area contributed by atoms with E-state index in [9.17, 15) is 0 Å². The standard InChI is InChI=1S/C20H32N2S2.C2H6/c1-6-10-15-23-24-22-14-13-19(21-5)18(9-4)20(22)16-17(11-7-2)12-8-3;1-2/h7,9,11-12,20H,4-6,8,10,13-16H2,1-3H3;1-2H3/b11-7-,17-12+;. The smallest absolute Gasteiger partial charge is 0.0518 e. The average molecular weight is 395 g/mol. The van der Waals surface area contributed by atoms with E-state index in [1.807, 2.05) is 41.7 Å². The number of rotatable bonds is 11. The highest BCUT2D eigenvalue weighted by Crippen LogP contribution is 2.38. The highest BCUT2D eigenvalue weighted by molar-refractivity contribution is 8.75. The molecule has 26 heavy (non-hydrogen) atoms. The summed E-state index contributed by atoms with van der Waals surface area (Å²) >= 11 is 0. The molecule has 1 heterocycles. The van der Waals surface area contributed by atoms with E-state index in [2.05, 4.69) is 61.6 Å². The topological polar surface area (TPSA) is 15.6 Å². The second kappa shape index (κ2) is 16.5. The molecule has 0 spiro atoms. The third-order valence-electron chi connectivity index (χ3n) is 4.03. The van der Waals surface area contributed by atoms with Gasteiger partial charge in [-0.05, 0) is 49.5 Å². The van der Waals surface area contributed by atoms with Gasteiger partial charge >= 0.3 is 0 Å². The molecular weight excluding hydrogens is 356 g/mol. The third-order valence-corrected chi connectivity index (χ3v) is 6.61. The number of allylic oxidation sites excluding steroid dienone is 3. The molecule has 1 aliphatic heterocycles. The van der Waals surface area contributed by atoms with Gasteiger partial charge in [0.15, 0.2) is 0 Å². The zero-order chi connectivity index (χ0) is 19.8. The fourth-order valence-electron chi connectivity index (χ4n) is 2.82. The minimum absolute atomic E-state index is 0.324. The Bertz CT molecular complexity index is 492. The van der Waals surface area contributed by atoms with Crippen LogP contribution in [0, 0.1) is 0 Å². The summed E-state index contributed by atoms with van der Waals surface area (Å²) in [5.41, 5.74) is 3.74. The molecule has 0 bridgehead atoms. The van der Waals surface area contributed by atoms with Gasteiger partial charge < -0.3 is 0 Å². The van der Waals surface area contributed by atoms with Crippen LogP contribution in [0.15, 0.2) is 52.7 Å². The summed E-state index contributed by atoms with van der Waals surface area (Å²) in [6.07, 6.45) is 14.2. The molecule has 0 amide bonds. The maximum atomic E-state index is 4.27. The van der Waals surface area contributed by atoms with Gasteiger partial charge in [-0.25, -0.2) is 4.31 Å². The van der Waals surface area contributed by atoms with E-state index < -0.39 is 0 Å². The van der Waals surface area contributed by atoms with Crippen LogP contribution in [0.1, 0.15) is 66.7 Å². The van der Waals surface area contributed by atoms with E-state index in [0.717, 1.165) is 31.5 Å². The molecule has 1 atom stereocenters. The second-order valence-corrected chi connectivity index (χ2v) is 8.23. The summed E-state index contributed by atoms with van der Waals surface area (Å²) in [5, 5.41) is 0. The van der Waals surface area contributed by atoms with Crippen LogP contribution in [0.25, 0.3) is 0 Å². The largest absolute Gasteiger partial charge is 0.269 e. The van der Waals surface area contributed by atoms with Gasteiger partial charge in [0.25, 0.3) is 0 Å². The van der Waals surface area contributed by atoms with Crippen LogP contribution in [-0.4, -0.2) is 29.4 Å². The zero-order valence-electron chi connectivity index (χ0n) is 17.5. The minimum atomic E-state index is 0.324. The normalized spacial score (nSPS) is 18.7. The first-order chi connectivity index (χ1) is 12.7. The monoisotopic (exact) mass is 394 g/mol. The van der Waals surface area contributed by atoms with Crippen LogP contribution in [0.5, 0.6) is 0 Å². The van der Waals surface area contributed by atoms with Gasteiger partial charge in [-0.15, -0.1) is 0 Å². The lowest BCUT2D eigenvalue weighted by Crippen LogP contribution is -2.36. The van der Waals surface area contributed by atoms with Crippen LogP contribution in [0.3, 0.4) is 0 Å². The highest BCUT2D eigenvalue weighted by Gasteiger charge is 2.29. The molecule has 0 aromatic rings. The number of unbranched alkanes of at least 4 members (excludes halogenated alkanes) is 1. The van der Waals surface area contributed by atoms with Gasteiger partial charge in [-0.3, -0.25) is 4.99 Å². The number of nitrogens with zero attached hydrogens (tertiary/aromatic N) is 2. The molecule has 0 aromatic heterocycles. The molecular formula is C22H38N2S2. The van der Waals surface area contributed by atoms with Crippen molar-refractivity contribution in [2.75, 3.05) is 12.3 Å². The predicted molar refractivity (Wildman–Crippen MR) is 126 cm³/mol. The molecule has 1 unspecified atom stereocenters. The fourth-order valence-corrected chi connectivity index (χ4v) is 5.41. The van der Waals surface area contributed by atoms with Crippen LogP contribution in [0.2, 0.25) is 0 Å². The Morgan fingerprint density at radius 3 is 2.62 bits per heavy atom. The molecule has 2 nitrogen and oxygen atoms in total. The van der Waals surface area contributed by atoms with E-state index in [-0.39, 0.29) is 0 Å². The summed E-state index contributed by atoms with van der Waals surface area (Å²) < 4.78 is 2.51. The summed E-state index contributed by atoms with van der Waals surface area (Å²) in [7, 11) is 3.88. The molecule has 0 saturated heterocycles. The quantitative estimate of drug-likeness (QED) is 0.118. The van der Waals surface area contributed by atoms with Gasteiger partial charge in [0.05, 0.1) is 6.04 Å². The van der Waals surface area contributed by atoms with E-state index >= 15 is 0 Å². The fraction of sp³-hybridized carbons (Fsp3) is 0.591. The van der Waals surface area contributed by atoms with E-state index in [4.69, 9.17) is 0 Å². The van der Waals surface area contributed by atoms with Crippen molar-refractivity contribution in [3.8, 4) is 0 Å². The lowest BCUT2D eigenvalue weighted by Gasteiger charge is -2.36. The summed E-state index contributed by atoms with van der Waals surface area (Å²) in [6.45, 7) is 19.4. The van der Waals surface area contributed by atoms with Crippen molar-refractivity contribution >= 4 is 28.5 Å².